The van der Waals surface area contributed by atoms with Gasteiger partial charge in [0.05, 0.1) is 19.8 Å². The van der Waals surface area contributed by atoms with Crippen molar-refractivity contribution < 1.29 is 13.9 Å². The van der Waals surface area contributed by atoms with Crippen molar-refractivity contribution in [2.75, 3.05) is 50.6 Å². The van der Waals surface area contributed by atoms with Crippen LogP contribution in [0.1, 0.15) is 11.1 Å². The van der Waals surface area contributed by atoms with Crippen LogP contribution in [0, 0.1) is 5.82 Å². The standard InChI is InChI=1S/C31H32FN7O2/c1-40-27-13-12-22(18-28(27)41-2)19-33-31-34-20-23(21-37-14-16-38(17-15-37)24-8-4-3-5-9-24)30-35-29(36-39(30)31)25-10-6-7-11-26(25)32/h3-13,18,20H,14-17,19,21H2,1-2H3,(H,33,34). The van der Waals surface area contributed by atoms with E-state index in [9.17, 15) is 4.39 Å². The Labute approximate surface area is 238 Å². The highest BCUT2D eigenvalue weighted by molar-refractivity contribution is 5.62. The lowest BCUT2D eigenvalue weighted by molar-refractivity contribution is 0.250. The first kappa shape index (κ1) is 26.5. The highest BCUT2D eigenvalue weighted by Crippen LogP contribution is 2.28. The lowest BCUT2D eigenvalue weighted by atomic mass is 10.2. The molecule has 9 nitrogen and oxygen atoms in total. The first-order valence-electron chi connectivity index (χ1n) is 13.6. The number of halogens is 1. The molecule has 1 N–H and O–H groups in total. The second kappa shape index (κ2) is 11.8. The van der Waals surface area contributed by atoms with E-state index in [4.69, 9.17) is 24.5 Å². The van der Waals surface area contributed by atoms with Crippen molar-refractivity contribution >= 4 is 17.3 Å². The molecule has 0 spiro atoms. The van der Waals surface area contributed by atoms with Gasteiger partial charge in [0.1, 0.15) is 5.82 Å². The van der Waals surface area contributed by atoms with Gasteiger partial charge < -0.3 is 19.7 Å². The summed E-state index contributed by atoms with van der Waals surface area (Å²) in [5.74, 6) is 1.78. The van der Waals surface area contributed by atoms with Gasteiger partial charge in [-0.25, -0.2) is 14.4 Å². The molecule has 0 bridgehead atoms. The summed E-state index contributed by atoms with van der Waals surface area (Å²) in [6.45, 7) is 4.84. The van der Waals surface area contributed by atoms with Crippen LogP contribution in [0.3, 0.4) is 0 Å². The number of hydrogen-bond acceptors (Lipinski definition) is 8. The lowest BCUT2D eigenvalue weighted by Crippen LogP contribution is -2.46. The van der Waals surface area contributed by atoms with Crippen molar-refractivity contribution in [3.8, 4) is 22.9 Å². The number of aromatic nitrogens is 4. The van der Waals surface area contributed by atoms with Gasteiger partial charge in [-0.1, -0.05) is 36.4 Å². The molecule has 3 heterocycles. The van der Waals surface area contributed by atoms with E-state index in [2.05, 4.69) is 39.4 Å². The molecule has 41 heavy (non-hydrogen) atoms. The normalized spacial score (nSPS) is 13.9. The molecule has 210 valence electrons. The van der Waals surface area contributed by atoms with Crippen LogP contribution < -0.4 is 19.7 Å². The van der Waals surface area contributed by atoms with Crippen LogP contribution in [0.25, 0.3) is 17.0 Å². The Morgan fingerprint density at radius 2 is 1.63 bits per heavy atom. The molecular weight excluding hydrogens is 521 g/mol. The zero-order valence-electron chi connectivity index (χ0n) is 23.1. The summed E-state index contributed by atoms with van der Waals surface area (Å²) in [5, 5.41) is 8.06. The Hall–Kier alpha value is -4.70. The molecule has 1 fully saturated rings. The molecule has 5 aromatic rings. The number of anilines is 2. The Balaban J connectivity index is 1.26. The topological polar surface area (TPSA) is 80.0 Å². The molecule has 0 atom stereocenters. The summed E-state index contributed by atoms with van der Waals surface area (Å²) in [4.78, 5) is 14.3. The fourth-order valence-corrected chi connectivity index (χ4v) is 5.12. The van der Waals surface area contributed by atoms with Crippen LogP contribution in [0.5, 0.6) is 11.5 Å². The van der Waals surface area contributed by atoms with Crippen molar-refractivity contribution in [3.05, 3.63) is 95.9 Å². The minimum absolute atomic E-state index is 0.320. The van der Waals surface area contributed by atoms with Gasteiger partial charge in [0, 0.05) is 56.7 Å². The maximum atomic E-state index is 14.7. The van der Waals surface area contributed by atoms with E-state index in [1.807, 2.05) is 30.5 Å². The van der Waals surface area contributed by atoms with Gasteiger partial charge in [0.25, 0.3) is 0 Å². The van der Waals surface area contributed by atoms with Crippen molar-refractivity contribution in [2.24, 2.45) is 0 Å². The number of hydrogen-bond donors (Lipinski definition) is 1. The van der Waals surface area contributed by atoms with Crippen LogP contribution in [0.15, 0.2) is 79.0 Å². The summed E-state index contributed by atoms with van der Waals surface area (Å²) in [6, 6.07) is 22.8. The highest BCUT2D eigenvalue weighted by Gasteiger charge is 2.21. The molecule has 2 aromatic heterocycles. The summed E-state index contributed by atoms with van der Waals surface area (Å²) in [5.41, 5.74) is 4.16. The van der Waals surface area contributed by atoms with E-state index in [0.29, 0.717) is 47.6 Å². The number of piperazine rings is 1. The molecule has 3 aromatic carbocycles. The number of nitrogens with zero attached hydrogens (tertiary/aromatic N) is 6. The van der Waals surface area contributed by atoms with Gasteiger partial charge in [0.15, 0.2) is 23.0 Å². The smallest absolute Gasteiger partial charge is 0.226 e. The highest BCUT2D eigenvalue weighted by atomic mass is 19.1. The summed E-state index contributed by atoms with van der Waals surface area (Å²) >= 11 is 0. The molecular formula is C31H32FN7O2. The Bertz CT molecular complexity index is 1630. The van der Waals surface area contributed by atoms with Crippen molar-refractivity contribution in [3.63, 3.8) is 0 Å². The lowest BCUT2D eigenvalue weighted by Gasteiger charge is -2.36. The second-order valence-electron chi connectivity index (χ2n) is 9.90. The maximum absolute atomic E-state index is 14.7. The molecule has 1 aliphatic rings. The molecule has 0 saturated carbocycles. The summed E-state index contributed by atoms with van der Waals surface area (Å²) in [6.07, 6.45) is 1.84. The van der Waals surface area contributed by atoms with E-state index >= 15 is 0 Å². The first-order valence-corrected chi connectivity index (χ1v) is 13.6. The first-order chi connectivity index (χ1) is 20.1. The minimum Gasteiger partial charge on any atom is -0.493 e. The van der Waals surface area contributed by atoms with Gasteiger partial charge in [-0.15, -0.1) is 5.10 Å². The Morgan fingerprint density at radius 3 is 2.39 bits per heavy atom. The van der Waals surface area contributed by atoms with Crippen LogP contribution in [0.2, 0.25) is 0 Å². The average molecular weight is 554 g/mol. The van der Waals surface area contributed by atoms with E-state index in [1.165, 1.54) is 11.8 Å². The molecule has 0 radical (unpaired) electrons. The quantitative estimate of drug-likeness (QED) is 0.277. The molecule has 10 heteroatoms. The van der Waals surface area contributed by atoms with E-state index in [0.717, 1.165) is 37.3 Å². The van der Waals surface area contributed by atoms with E-state index in [-0.39, 0.29) is 5.82 Å². The van der Waals surface area contributed by atoms with Gasteiger partial charge >= 0.3 is 0 Å². The van der Waals surface area contributed by atoms with Crippen LogP contribution >= 0.6 is 0 Å². The minimum atomic E-state index is -0.366. The fraction of sp³-hybridized carbons (Fsp3) is 0.258. The summed E-state index contributed by atoms with van der Waals surface area (Å²) in [7, 11) is 3.22. The maximum Gasteiger partial charge on any atom is 0.226 e. The predicted molar refractivity (Wildman–Crippen MR) is 157 cm³/mol. The third kappa shape index (κ3) is 5.64. The monoisotopic (exact) mass is 553 g/mol. The second-order valence-corrected chi connectivity index (χ2v) is 9.90. The largest absolute Gasteiger partial charge is 0.493 e. The molecule has 0 aliphatic carbocycles. The number of rotatable bonds is 9. The SMILES string of the molecule is COc1ccc(CNc2ncc(CN3CCN(c4ccccc4)CC3)c3nc(-c4ccccc4F)nn23)cc1OC. The number of methoxy groups -OCH3 is 2. The fourth-order valence-electron chi connectivity index (χ4n) is 5.12. The molecule has 1 aliphatic heterocycles. The van der Waals surface area contributed by atoms with Crippen molar-refractivity contribution in [1.29, 1.82) is 0 Å². The Kier molecular flexibility index (Phi) is 7.64. The number of para-hydroxylation sites is 1. The number of nitrogens with one attached hydrogen (secondary N) is 1. The van der Waals surface area contributed by atoms with Crippen molar-refractivity contribution in [2.45, 2.75) is 13.1 Å². The summed E-state index contributed by atoms with van der Waals surface area (Å²) < 4.78 is 27.2. The zero-order chi connectivity index (χ0) is 28.2. The molecule has 1 saturated heterocycles. The number of benzene rings is 3. The van der Waals surface area contributed by atoms with Crippen LogP contribution in [-0.4, -0.2) is 64.9 Å². The van der Waals surface area contributed by atoms with Gasteiger partial charge in [0.2, 0.25) is 5.95 Å². The molecule has 6 rings (SSSR count). The zero-order valence-corrected chi connectivity index (χ0v) is 23.1. The van der Waals surface area contributed by atoms with Crippen molar-refractivity contribution in [1.82, 2.24) is 24.5 Å². The molecule has 0 amide bonds. The average Bonchev–Trinajstić information content (AvgIpc) is 3.47. The van der Waals surface area contributed by atoms with Crippen LogP contribution in [-0.2, 0) is 13.1 Å². The number of ether oxygens (including phenoxy) is 2. The van der Waals surface area contributed by atoms with Gasteiger partial charge in [-0.2, -0.15) is 4.52 Å². The third-order valence-electron chi connectivity index (χ3n) is 7.34. The van der Waals surface area contributed by atoms with Gasteiger partial charge in [-0.05, 0) is 42.0 Å². The van der Waals surface area contributed by atoms with E-state index in [1.54, 1.807) is 36.9 Å². The van der Waals surface area contributed by atoms with Crippen LogP contribution in [0.4, 0.5) is 16.0 Å². The van der Waals surface area contributed by atoms with Gasteiger partial charge in [-0.3, -0.25) is 4.90 Å². The molecule has 0 unspecified atom stereocenters. The third-order valence-corrected chi connectivity index (χ3v) is 7.34. The van der Waals surface area contributed by atoms with E-state index < -0.39 is 0 Å². The number of fused-ring (bicyclic) bond motifs is 1. The Morgan fingerprint density at radius 1 is 0.878 bits per heavy atom. The predicted octanol–water partition coefficient (Wildman–Crippen LogP) is 4.88.